The zero-order valence-electron chi connectivity index (χ0n) is 22.8. The molecule has 3 saturated carbocycles. The molecule has 8 atom stereocenters. The second-order valence-electron chi connectivity index (χ2n) is 13.1. The largest absolute Gasteiger partial charge is 0.446 e. The summed E-state index contributed by atoms with van der Waals surface area (Å²) < 4.78 is 18.5. The summed E-state index contributed by atoms with van der Waals surface area (Å²) in [7, 11) is 0. The van der Waals surface area contributed by atoms with Crippen molar-refractivity contribution in [3.8, 4) is 5.95 Å². The van der Waals surface area contributed by atoms with Gasteiger partial charge in [-0.2, -0.15) is 0 Å². The van der Waals surface area contributed by atoms with E-state index in [0.29, 0.717) is 36.0 Å². The van der Waals surface area contributed by atoms with Crippen LogP contribution in [-0.4, -0.2) is 43.5 Å². The van der Waals surface area contributed by atoms with Gasteiger partial charge in [-0.1, -0.05) is 25.5 Å². The number of likely N-dealkylation sites (tertiary alicyclic amines) is 1. The van der Waals surface area contributed by atoms with Crippen molar-refractivity contribution in [3.63, 3.8) is 0 Å². The number of allylic oxidation sites excluding steroid dienone is 1. The molecule has 0 radical (unpaired) electrons. The predicted octanol–water partition coefficient (Wildman–Crippen LogP) is 6.49. The minimum atomic E-state index is 0.0870. The highest BCUT2D eigenvalue weighted by Gasteiger charge is 2.59. The molecule has 2 N–H and O–H groups in total. The summed E-state index contributed by atoms with van der Waals surface area (Å²) in [5.41, 5.74) is 9.43. The van der Waals surface area contributed by atoms with Crippen molar-refractivity contribution in [3.05, 3.63) is 29.5 Å². The van der Waals surface area contributed by atoms with E-state index in [4.69, 9.17) is 19.6 Å². The van der Waals surface area contributed by atoms with Gasteiger partial charge in [0.05, 0.1) is 19.0 Å². The fourth-order valence-electron chi connectivity index (χ4n) is 9.51. The Balaban J connectivity index is 1.19. The highest BCUT2D eigenvalue weighted by molar-refractivity contribution is 5.33. The predicted molar refractivity (Wildman–Crippen MR) is 143 cm³/mol. The van der Waals surface area contributed by atoms with Crippen LogP contribution < -0.4 is 10.5 Å². The number of fused-ring (bicyclic) bond motifs is 5. The molecule has 0 aromatic carbocycles. The van der Waals surface area contributed by atoms with E-state index in [1.165, 1.54) is 63.4 Å². The maximum absolute atomic E-state index is 6.47. The lowest BCUT2D eigenvalue weighted by Gasteiger charge is -2.58. The quantitative estimate of drug-likeness (QED) is 0.437. The third kappa shape index (κ3) is 4.08. The number of hydrogen-bond acceptors (Lipinski definition) is 5. The summed E-state index contributed by atoms with van der Waals surface area (Å²) in [5, 5.41) is 0. The number of furan rings is 1. The maximum Gasteiger partial charge on any atom is 0.289 e. The molecule has 200 valence electrons. The maximum atomic E-state index is 6.47. The van der Waals surface area contributed by atoms with Gasteiger partial charge in [-0.3, -0.25) is 4.90 Å². The lowest BCUT2D eigenvalue weighted by atomic mass is 9.47. The SMILES string of the molecule is CC(Oc1occc1C1CC[C@H]2[C@@H]3CC=C4CC(OCCN)CC[C@]4(C)[C@@H]3CC[C@]12C)N1CCCC1. The number of nitrogens with two attached hydrogens (primary N) is 1. The van der Waals surface area contributed by atoms with Crippen molar-refractivity contribution in [1.82, 2.24) is 4.90 Å². The van der Waals surface area contributed by atoms with E-state index in [1.807, 2.05) is 6.26 Å². The van der Waals surface area contributed by atoms with Crippen LogP contribution in [0.3, 0.4) is 0 Å². The fraction of sp³-hybridized carbons (Fsp3) is 0.806. The van der Waals surface area contributed by atoms with E-state index in [-0.39, 0.29) is 6.23 Å². The Hall–Kier alpha value is -1.30. The molecular formula is C31H48N2O3. The van der Waals surface area contributed by atoms with Gasteiger partial charge in [-0.15, -0.1) is 0 Å². The third-order valence-corrected chi connectivity index (χ3v) is 11.5. The van der Waals surface area contributed by atoms with Crippen molar-refractivity contribution >= 4 is 0 Å². The number of ether oxygens (including phenoxy) is 2. The monoisotopic (exact) mass is 496 g/mol. The molecule has 0 bridgehead atoms. The Morgan fingerprint density at radius 2 is 1.94 bits per heavy atom. The smallest absolute Gasteiger partial charge is 0.289 e. The first-order chi connectivity index (χ1) is 17.4. The molecule has 0 amide bonds. The van der Waals surface area contributed by atoms with Crippen LogP contribution in [0.5, 0.6) is 5.95 Å². The molecule has 1 aromatic heterocycles. The topological polar surface area (TPSA) is 60.9 Å². The van der Waals surface area contributed by atoms with Crippen LogP contribution in [0.1, 0.15) is 96.5 Å². The van der Waals surface area contributed by atoms with E-state index >= 15 is 0 Å². The van der Waals surface area contributed by atoms with Crippen LogP contribution in [-0.2, 0) is 4.74 Å². The molecule has 4 fully saturated rings. The number of nitrogens with zero attached hydrogens (tertiary/aromatic N) is 1. The summed E-state index contributed by atoms with van der Waals surface area (Å²) in [6.45, 7) is 11.0. The van der Waals surface area contributed by atoms with Crippen LogP contribution in [0.15, 0.2) is 28.4 Å². The summed E-state index contributed by atoms with van der Waals surface area (Å²) >= 11 is 0. The Kier molecular flexibility index (Phi) is 6.79. The molecule has 3 unspecified atom stereocenters. The Morgan fingerprint density at radius 1 is 1.11 bits per heavy atom. The average Bonchev–Trinajstić information content (AvgIpc) is 3.62. The van der Waals surface area contributed by atoms with Crippen LogP contribution in [0, 0.1) is 28.6 Å². The molecule has 1 aliphatic heterocycles. The van der Waals surface area contributed by atoms with Gasteiger partial charge in [-0.25, -0.2) is 0 Å². The van der Waals surface area contributed by atoms with Gasteiger partial charge in [0.25, 0.3) is 5.95 Å². The minimum absolute atomic E-state index is 0.0870. The summed E-state index contributed by atoms with van der Waals surface area (Å²) in [4.78, 5) is 2.44. The molecular weight excluding hydrogens is 448 g/mol. The third-order valence-electron chi connectivity index (χ3n) is 11.5. The first kappa shape index (κ1) is 25.0. The van der Waals surface area contributed by atoms with Gasteiger partial charge in [0.2, 0.25) is 0 Å². The molecule has 6 rings (SSSR count). The van der Waals surface area contributed by atoms with Gasteiger partial charge in [0, 0.05) is 25.2 Å². The summed E-state index contributed by atoms with van der Waals surface area (Å²) in [6, 6.07) is 2.22. The minimum Gasteiger partial charge on any atom is -0.446 e. The molecule has 4 aliphatic carbocycles. The molecule has 1 aromatic rings. The molecule has 2 heterocycles. The van der Waals surface area contributed by atoms with Crippen LogP contribution in [0.2, 0.25) is 0 Å². The van der Waals surface area contributed by atoms with Gasteiger partial charge in [0.15, 0.2) is 6.23 Å². The Bertz CT molecular complexity index is 951. The normalized spacial score (nSPS) is 41.3. The van der Waals surface area contributed by atoms with E-state index in [2.05, 4.69) is 37.8 Å². The standard InChI is InChI=1S/C31H48N2O3/c1-21(33-16-4-5-17-33)36-29-25(12-18-35-29)27-9-8-26-24-7-6-22-20-23(34-19-15-32)10-13-30(22,2)28(24)11-14-31(26,27)3/h6,12,18,21,23-24,26-28H,4-5,7-11,13-17,19-20,32H2,1-3H3/t21?,23?,24-,26-,27?,28+,30-,31-/m0/s1. The summed E-state index contributed by atoms with van der Waals surface area (Å²) in [6.07, 6.45) is 17.6. The molecule has 0 spiro atoms. The molecule has 5 aliphatic rings. The van der Waals surface area contributed by atoms with Gasteiger partial charge in [0.1, 0.15) is 0 Å². The molecule has 36 heavy (non-hydrogen) atoms. The van der Waals surface area contributed by atoms with Crippen molar-refractivity contribution < 1.29 is 13.9 Å². The number of hydrogen-bond donors (Lipinski definition) is 1. The summed E-state index contributed by atoms with van der Waals surface area (Å²) in [5.74, 6) is 3.75. The highest BCUT2D eigenvalue weighted by Crippen LogP contribution is 2.68. The Morgan fingerprint density at radius 3 is 2.75 bits per heavy atom. The van der Waals surface area contributed by atoms with Crippen LogP contribution in [0.25, 0.3) is 0 Å². The van der Waals surface area contributed by atoms with E-state index in [1.54, 1.807) is 5.57 Å². The van der Waals surface area contributed by atoms with Crippen molar-refractivity contribution in [2.24, 2.45) is 34.3 Å². The molecule has 1 saturated heterocycles. The van der Waals surface area contributed by atoms with Crippen LogP contribution >= 0.6 is 0 Å². The molecule has 5 nitrogen and oxygen atoms in total. The van der Waals surface area contributed by atoms with Gasteiger partial charge < -0.3 is 19.6 Å². The fourth-order valence-corrected chi connectivity index (χ4v) is 9.51. The average molecular weight is 497 g/mol. The van der Waals surface area contributed by atoms with Crippen molar-refractivity contribution in [2.45, 2.75) is 103 Å². The van der Waals surface area contributed by atoms with E-state index in [0.717, 1.165) is 43.2 Å². The first-order valence-corrected chi connectivity index (χ1v) is 14.9. The Labute approximate surface area is 218 Å². The van der Waals surface area contributed by atoms with E-state index < -0.39 is 0 Å². The van der Waals surface area contributed by atoms with Crippen LogP contribution in [0.4, 0.5) is 0 Å². The highest BCUT2D eigenvalue weighted by atomic mass is 16.6. The van der Waals surface area contributed by atoms with E-state index in [9.17, 15) is 0 Å². The van der Waals surface area contributed by atoms with Crippen molar-refractivity contribution in [1.29, 1.82) is 0 Å². The lowest BCUT2D eigenvalue weighted by Crippen LogP contribution is -2.50. The zero-order chi connectivity index (χ0) is 24.9. The zero-order valence-corrected chi connectivity index (χ0v) is 22.8. The van der Waals surface area contributed by atoms with Gasteiger partial charge in [-0.05, 0) is 112 Å². The van der Waals surface area contributed by atoms with Gasteiger partial charge >= 0.3 is 0 Å². The molecule has 5 heteroatoms. The lowest BCUT2D eigenvalue weighted by molar-refractivity contribution is -0.0506. The second-order valence-corrected chi connectivity index (χ2v) is 13.1. The second kappa shape index (κ2) is 9.78. The number of rotatable bonds is 7. The first-order valence-electron chi connectivity index (χ1n) is 14.9. The van der Waals surface area contributed by atoms with Crippen molar-refractivity contribution in [2.75, 3.05) is 26.2 Å².